The number of rotatable bonds is 3. The van der Waals surface area contributed by atoms with Gasteiger partial charge in [-0.2, -0.15) is 0 Å². The Balaban J connectivity index is 1.91. The first-order chi connectivity index (χ1) is 12.9. The Hall–Kier alpha value is -3.29. The number of hydrogen-bond donors (Lipinski definition) is 0. The number of aryl methyl sites for hydroxylation is 2. The van der Waals surface area contributed by atoms with Crippen LogP contribution in [0.1, 0.15) is 11.4 Å². The zero-order chi connectivity index (χ0) is 19.3. The molecule has 0 aliphatic heterocycles. The molecule has 0 radical (unpaired) electrons. The van der Waals surface area contributed by atoms with E-state index in [-0.39, 0.29) is 17.8 Å². The molecule has 0 saturated heterocycles. The van der Waals surface area contributed by atoms with Crippen molar-refractivity contribution in [2.45, 2.75) is 13.5 Å². The van der Waals surface area contributed by atoms with E-state index >= 15 is 0 Å². The van der Waals surface area contributed by atoms with E-state index in [9.17, 15) is 13.6 Å². The molecule has 4 rings (SSSR count). The fourth-order valence-corrected chi connectivity index (χ4v) is 3.31. The van der Waals surface area contributed by atoms with Crippen LogP contribution in [0.4, 0.5) is 14.5 Å². The van der Waals surface area contributed by atoms with E-state index in [2.05, 4.69) is 10.2 Å². The zero-order valence-corrected chi connectivity index (χ0v) is 15.1. The number of benzene rings is 2. The number of halogens is 2. The Labute approximate surface area is 153 Å². The molecular formula is C19H17F2N5O. The molecule has 2 aromatic carbocycles. The van der Waals surface area contributed by atoms with E-state index in [4.69, 9.17) is 0 Å². The van der Waals surface area contributed by atoms with Gasteiger partial charge >= 0.3 is 0 Å². The summed E-state index contributed by atoms with van der Waals surface area (Å²) in [5.41, 5.74) is 1.30. The minimum atomic E-state index is -0.654. The van der Waals surface area contributed by atoms with Crippen molar-refractivity contribution in [2.24, 2.45) is 7.05 Å². The molecule has 0 spiro atoms. The monoisotopic (exact) mass is 369 g/mol. The third-order valence-corrected chi connectivity index (χ3v) is 4.64. The zero-order valence-electron chi connectivity index (χ0n) is 15.1. The average molecular weight is 369 g/mol. The van der Waals surface area contributed by atoms with Gasteiger partial charge in [0.1, 0.15) is 17.3 Å². The first-order valence-electron chi connectivity index (χ1n) is 8.37. The molecule has 138 valence electrons. The lowest BCUT2D eigenvalue weighted by Crippen LogP contribution is -2.23. The second kappa shape index (κ2) is 6.15. The van der Waals surface area contributed by atoms with Crippen LogP contribution >= 0.6 is 0 Å². The predicted octanol–water partition coefficient (Wildman–Crippen LogP) is 2.80. The van der Waals surface area contributed by atoms with Crippen LogP contribution in [0.25, 0.3) is 16.7 Å². The molecule has 4 aromatic rings. The van der Waals surface area contributed by atoms with Crippen molar-refractivity contribution in [1.29, 1.82) is 0 Å². The number of nitrogens with zero attached hydrogens (tertiary/aromatic N) is 5. The fraction of sp³-hybridized carbons (Fsp3) is 0.211. The molecular weight excluding hydrogens is 352 g/mol. The molecule has 0 fully saturated rings. The molecule has 0 aliphatic carbocycles. The van der Waals surface area contributed by atoms with Crippen LogP contribution in [0.2, 0.25) is 0 Å². The number of para-hydroxylation sites is 1. The normalized spacial score (nSPS) is 11.4. The molecule has 2 heterocycles. The van der Waals surface area contributed by atoms with Crippen molar-refractivity contribution in [1.82, 2.24) is 19.2 Å². The van der Waals surface area contributed by atoms with Crippen LogP contribution < -0.4 is 10.5 Å². The first-order valence-corrected chi connectivity index (χ1v) is 8.37. The second-order valence-corrected chi connectivity index (χ2v) is 6.56. The van der Waals surface area contributed by atoms with Gasteiger partial charge in [0.25, 0.3) is 5.56 Å². The summed E-state index contributed by atoms with van der Waals surface area (Å²) < 4.78 is 31.3. The molecule has 8 heteroatoms. The average Bonchev–Trinajstić information content (AvgIpc) is 3.03. The van der Waals surface area contributed by atoms with E-state index in [0.29, 0.717) is 22.5 Å². The third kappa shape index (κ3) is 2.64. The van der Waals surface area contributed by atoms with Crippen LogP contribution in [0.15, 0.2) is 41.2 Å². The lowest BCUT2D eigenvalue weighted by atomic mass is 10.1. The lowest BCUT2D eigenvalue weighted by molar-refractivity contribution is 0.575. The summed E-state index contributed by atoms with van der Waals surface area (Å²) in [7, 11) is 3.20. The fourth-order valence-electron chi connectivity index (χ4n) is 3.31. The van der Waals surface area contributed by atoms with E-state index in [1.54, 1.807) is 24.6 Å². The molecule has 0 saturated carbocycles. The summed E-state index contributed by atoms with van der Waals surface area (Å²) in [5.74, 6) is -0.466. The molecule has 6 nitrogen and oxygen atoms in total. The van der Waals surface area contributed by atoms with Crippen LogP contribution in [0.5, 0.6) is 0 Å². The number of fused-ring (bicyclic) bond motifs is 3. The summed E-state index contributed by atoms with van der Waals surface area (Å²) >= 11 is 0. The number of aromatic nitrogens is 4. The summed E-state index contributed by atoms with van der Waals surface area (Å²) in [4.78, 5) is 14.0. The van der Waals surface area contributed by atoms with E-state index in [0.717, 1.165) is 5.56 Å². The minimum Gasteiger partial charge on any atom is -0.362 e. The largest absolute Gasteiger partial charge is 0.362 e. The van der Waals surface area contributed by atoms with Crippen molar-refractivity contribution in [2.75, 3.05) is 11.9 Å². The van der Waals surface area contributed by atoms with Crippen LogP contribution in [0, 0.1) is 18.6 Å². The Bertz CT molecular complexity index is 1220. The molecule has 0 atom stereocenters. The van der Waals surface area contributed by atoms with Gasteiger partial charge in [0.15, 0.2) is 5.82 Å². The summed E-state index contributed by atoms with van der Waals surface area (Å²) in [6.45, 7) is 2.02. The first kappa shape index (κ1) is 17.1. The molecule has 0 bridgehead atoms. The van der Waals surface area contributed by atoms with Crippen LogP contribution in [-0.2, 0) is 13.6 Å². The summed E-state index contributed by atoms with van der Waals surface area (Å²) in [6.07, 6.45) is 0. The molecule has 2 aromatic heterocycles. The second-order valence-electron chi connectivity index (χ2n) is 6.56. The highest BCUT2D eigenvalue weighted by Gasteiger charge is 2.19. The van der Waals surface area contributed by atoms with Gasteiger partial charge in [0.2, 0.25) is 5.78 Å². The quantitative estimate of drug-likeness (QED) is 0.557. The van der Waals surface area contributed by atoms with Crippen LogP contribution in [0.3, 0.4) is 0 Å². The SMILES string of the molecule is Cc1ccc2c(c1)c(=O)n(C)c1nnc(CN(C)c3c(F)cccc3F)n21. The molecule has 27 heavy (non-hydrogen) atoms. The van der Waals surface area contributed by atoms with Crippen molar-refractivity contribution in [3.05, 3.63) is 69.8 Å². The molecule has 0 amide bonds. The maximum absolute atomic E-state index is 14.1. The molecule has 0 aliphatic rings. The maximum atomic E-state index is 14.1. The van der Waals surface area contributed by atoms with Crippen molar-refractivity contribution in [3.8, 4) is 0 Å². The van der Waals surface area contributed by atoms with Gasteiger partial charge in [-0.1, -0.05) is 17.7 Å². The highest BCUT2D eigenvalue weighted by molar-refractivity contribution is 5.81. The Kier molecular flexibility index (Phi) is 3.91. The van der Waals surface area contributed by atoms with Gasteiger partial charge in [-0.3, -0.25) is 13.8 Å². The van der Waals surface area contributed by atoms with Gasteiger partial charge < -0.3 is 4.90 Å². The van der Waals surface area contributed by atoms with Gasteiger partial charge in [-0.15, -0.1) is 10.2 Å². The topological polar surface area (TPSA) is 55.4 Å². The van der Waals surface area contributed by atoms with Crippen LogP contribution in [-0.4, -0.2) is 26.2 Å². The molecule has 0 N–H and O–H groups in total. The lowest BCUT2D eigenvalue weighted by Gasteiger charge is -2.20. The number of hydrogen-bond acceptors (Lipinski definition) is 4. The van der Waals surface area contributed by atoms with Gasteiger partial charge in [-0.05, 0) is 31.2 Å². The standard InChI is InChI=1S/C19H17F2N5O/c1-11-7-8-15-12(9-11)18(27)25(3)19-23-22-16(26(15)19)10-24(2)17-13(20)5-4-6-14(17)21/h4-9H,10H2,1-3H3. The Morgan fingerprint density at radius 3 is 2.52 bits per heavy atom. The van der Waals surface area contributed by atoms with E-state index in [1.165, 1.54) is 27.7 Å². The Morgan fingerprint density at radius 2 is 1.81 bits per heavy atom. The number of anilines is 1. The summed E-state index contributed by atoms with van der Waals surface area (Å²) in [6, 6.07) is 9.26. The molecule has 0 unspecified atom stereocenters. The maximum Gasteiger partial charge on any atom is 0.262 e. The van der Waals surface area contributed by atoms with Gasteiger partial charge in [-0.25, -0.2) is 8.78 Å². The van der Waals surface area contributed by atoms with Gasteiger partial charge in [0, 0.05) is 14.1 Å². The highest BCUT2D eigenvalue weighted by Crippen LogP contribution is 2.24. The van der Waals surface area contributed by atoms with Crippen molar-refractivity contribution >= 4 is 22.4 Å². The minimum absolute atomic E-state index is 0.111. The van der Waals surface area contributed by atoms with Crippen molar-refractivity contribution < 1.29 is 8.78 Å². The van der Waals surface area contributed by atoms with Gasteiger partial charge in [0.05, 0.1) is 17.4 Å². The summed E-state index contributed by atoms with van der Waals surface area (Å²) in [5, 5.41) is 8.80. The third-order valence-electron chi connectivity index (χ3n) is 4.64. The van der Waals surface area contributed by atoms with E-state index in [1.807, 2.05) is 19.1 Å². The predicted molar refractivity (Wildman–Crippen MR) is 98.9 cm³/mol. The smallest absolute Gasteiger partial charge is 0.262 e. The highest BCUT2D eigenvalue weighted by atomic mass is 19.1. The van der Waals surface area contributed by atoms with E-state index < -0.39 is 11.6 Å². The Morgan fingerprint density at radius 1 is 1.11 bits per heavy atom. The van der Waals surface area contributed by atoms with Crippen molar-refractivity contribution in [3.63, 3.8) is 0 Å².